The molecule has 1 fully saturated rings. The topological polar surface area (TPSA) is 92.9 Å². The molecule has 0 N–H and O–H groups in total. The molecule has 0 radical (unpaired) electrons. The lowest BCUT2D eigenvalue weighted by atomic mass is 9.55. The molecule has 0 aromatic heterocycles. The molecule has 156 valence electrons. The first-order valence-corrected chi connectivity index (χ1v) is 10.4. The highest BCUT2D eigenvalue weighted by molar-refractivity contribution is 6.08. The quantitative estimate of drug-likeness (QED) is 0.277. The minimum absolute atomic E-state index is 0.0781. The van der Waals surface area contributed by atoms with E-state index in [4.69, 9.17) is 0 Å². The van der Waals surface area contributed by atoms with E-state index in [9.17, 15) is 19.7 Å². The van der Waals surface area contributed by atoms with E-state index in [2.05, 4.69) is 5.10 Å². The lowest BCUT2D eigenvalue weighted by Crippen LogP contribution is -2.41. The van der Waals surface area contributed by atoms with E-state index in [1.165, 1.54) is 18.3 Å². The molecule has 3 aliphatic carbocycles. The zero-order valence-corrected chi connectivity index (χ0v) is 16.8. The predicted octanol–water partition coefficient (Wildman–Crippen LogP) is 3.82. The molecule has 0 spiro atoms. The number of carbonyl (C=O) groups excluding carboxylic acids is 2. The molecule has 3 aromatic rings. The van der Waals surface area contributed by atoms with Crippen LogP contribution in [0, 0.1) is 22.0 Å². The lowest BCUT2D eigenvalue weighted by molar-refractivity contribution is -0.384. The monoisotopic (exact) mass is 423 g/mol. The Bertz CT molecular complexity index is 1230. The minimum Gasteiger partial charge on any atom is -0.272 e. The molecule has 1 heterocycles. The molecule has 2 atom stereocenters. The maximum absolute atomic E-state index is 13.4. The molecule has 7 nitrogen and oxygen atoms in total. The summed E-state index contributed by atoms with van der Waals surface area (Å²) in [4.78, 5) is 37.4. The SMILES string of the molecule is O=C1[C@H]2C3c4ccccc4C(c4ccccc43)[C@@H]2C(=O)N1/N=C\c1cccc([N+](=O)[O-])c1. The fourth-order valence-electron chi connectivity index (χ4n) is 5.62. The Morgan fingerprint density at radius 2 is 1.28 bits per heavy atom. The van der Waals surface area contributed by atoms with Crippen molar-refractivity contribution in [3.8, 4) is 0 Å². The van der Waals surface area contributed by atoms with Crippen LogP contribution in [0.1, 0.15) is 39.7 Å². The summed E-state index contributed by atoms with van der Waals surface area (Å²) in [5, 5.41) is 16.2. The predicted molar refractivity (Wildman–Crippen MR) is 116 cm³/mol. The summed E-state index contributed by atoms with van der Waals surface area (Å²) in [7, 11) is 0. The summed E-state index contributed by atoms with van der Waals surface area (Å²) in [6.07, 6.45) is 1.34. The van der Waals surface area contributed by atoms with Gasteiger partial charge in [0.25, 0.3) is 17.5 Å². The standard InChI is InChI=1S/C25H17N3O4/c29-24-22-20-16-8-1-2-9-17(16)21(19-11-4-3-10-18(19)20)23(22)25(30)27(24)26-13-14-6-5-7-15(12-14)28(31)32/h1-13,20-23H/b26-13-/t20?,21?,22-,23-/m0/s1. The number of imide groups is 1. The molecule has 2 amide bonds. The number of amides is 2. The molecule has 7 heteroatoms. The highest BCUT2D eigenvalue weighted by Gasteiger charge is 2.61. The maximum atomic E-state index is 13.4. The zero-order valence-electron chi connectivity index (χ0n) is 16.8. The van der Waals surface area contributed by atoms with E-state index in [1.807, 2.05) is 48.5 Å². The average Bonchev–Trinajstić information content (AvgIpc) is 3.08. The summed E-state index contributed by atoms with van der Waals surface area (Å²) in [6, 6.07) is 22.0. The van der Waals surface area contributed by atoms with Crippen molar-refractivity contribution in [3.63, 3.8) is 0 Å². The largest absolute Gasteiger partial charge is 0.272 e. The number of hydrogen-bond acceptors (Lipinski definition) is 5. The van der Waals surface area contributed by atoms with Gasteiger partial charge in [-0.3, -0.25) is 19.7 Å². The van der Waals surface area contributed by atoms with Gasteiger partial charge in [-0.2, -0.15) is 10.1 Å². The average molecular weight is 423 g/mol. The normalized spacial score (nSPS) is 25.1. The molecule has 1 aliphatic heterocycles. The summed E-state index contributed by atoms with van der Waals surface area (Å²) >= 11 is 0. The number of nitrogens with zero attached hydrogens (tertiary/aromatic N) is 3. The van der Waals surface area contributed by atoms with E-state index >= 15 is 0 Å². The molecule has 2 bridgehead atoms. The second-order valence-corrected chi connectivity index (χ2v) is 8.35. The van der Waals surface area contributed by atoms with Gasteiger partial charge in [0.1, 0.15) is 0 Å². The number of rotatable bonds is 3. The fraction of sp³-hybridized carbons (Fsp3) is 0.160. The molecular weight excluding hydrogens is 406 g/mol. The van der Waals surface area contributed by atoms with Crippen molar-refractivity contribution in [1.29, 1.82) is 0 Å². The Balaban J connectivity index is 1.42. The van der Waals surface area contributed by atoms with Crippen LogP contribution in [0.3, 0.4) is 0 Å². The Morgan fingerprint density at radius 1 is 0.781 bits per heavy atom. The molecule has 3 aromatic carbocycles. The molecule has 0 unspecified atom stereocenters. The van der Waals surface area contributed by atoms with Gasteiger partial charge in [-0.1, -0.05) is 60.7 Å². The van der Waals surface area contributed by atoms with E-state index in [-0.39, 0.29) is 29.3 Å². The van der Waals surface area contributed by atoms with E-state index in [1.54, 1.807) is 12.1 Å². The Hall–Kier alpha value is -4.13. The van der Waals surface area contributed by atoms with Crippen molar-refractivity contribution in [2.24, 2.45) is 16.9 Å². The van der Waals surface area contributed by atoms with Gasteiger partial charge >= 0.3 is 0 Å². The summed E-state index contributed by atoms with van der Waals surface area (Å²) in [6.45, 7) is 0. The van der Waals surface area contributed by atoms with Gasteiger partial charge in [0, 0.05) is 29.5 Å². The van der Waals surface area contributed by atoms with Gasteiger partial charge in [-0.05, 0) is 22.3 Å². The Morgan fingerprint density at radius 3 is 1.75 bits per heavy atom. The van der Waals surface area contributed by atoms with Gasteiger partial charge in [0.15, 0.2) is 0 Å². The van der Waals surface area contributed by atoms with Gasteiger partial charge in [0.2, 0.25) is 0 Å². The first-order chi connectivity index (χ1) is 15.6. The third-order valence-electron chi connectivity index (χ3n) is 6.83. The lowest BCUT2D eigenvalue weighted by Gasteiger charge is -2.45. The van der Waals surface area contributed by atoms with Crippen LogP contribution in [0.4, 0.5) is 5.69 Å². The Kier molecular flexibility index (Phi) is 3.89. The van der Waals surface area contributed by atoms with Crippen molar-refractivity contribution in [2.75, 3.05) is 0 Å². The second kappa shape index (κ2) is 6.68. The summed E-state index contributed by atoms with van der Waals surface area (Å²) in [5.41, 5.74) is 4.77. The Labute approximate surface area is 183 Å². The van der Waals surface area contributed by atoms with Gasteiger partial charge in [-0.15, -0.1) is 0 Å². The fourth-order valence-corrected chi connectivity index (χ4v) is 5.62. The molecule has 32 heavy (non-hydrogen) atoms. The number of nitro benzene ring substituents is 1. The summed E-state index contributed by atoms with van der Waals surface area (Å²) in [5.74, 6) is -2.01. The zero-order chi connectivity index (χ0) is 22.0. The molecule has 1 saturated heterocycles. The number of benzene rings is 3. The number of non-ortho nitro benzene ring substituents is 1. The van der Waals surface area contributed by atoms with E-state index in [0.717, 1.165) is 27.3 Å². The maximum Gasteiger partial charge on any atom is 0.270 e. The first-order valence-electron chi connectivity index (χ1n) is 10.4. The van der Waals surface area contributed by atoms with Crippen molar-refractivity contribution in [2.45, 2.75) is 11.8 Å². The molecule has 7 rings (SSSR count). The van der Waals surface area contributed by atoms with Crippen LogP contribution in [-0.2, 0) is 9.59 Å². The van der Waals surface area contributed by atoms with E-state index < -0.39 is 16.8 Å². The van der Waals surface area contributed by atoms with Crippen molar-refractivity contribution in [1.82, 2.24) is 5.01 Å². The molecule has 4 aliphatic rings. The van der Waals surface area contributed by atoms with Crippen molar-refractivity contribution < 1.29 is 14.5 Å². The van der Waals surface area contributed by atoms with Crippen LogP contribution in [0.5, 0.6) is 0 Å². The third-order valence-corrected chi connectivity index (χ3v) is 6.83. The smallest absolute Gasteiger partial charge is 0.270 e. The van der Waals surface area contributed by atoms with Crippen LogP contribution in [0.25, 0.3) is 0 Å². The molecular formula is C25H17N3O4. The third kappa shape index (κ3) is 2.45. The van der Waals surface area contributed by atoms with Crippen molar-refractivity contribution >= 4 is 23.7 Å². The van der Waals surface area contributed by atoms with Gasteiger partial charge in [-0.25, -0.2) is 0 Å². The van der Waals surface area contributed by atoms with Gasteiger partial charge in [0.05, 0.1) is 23.0 Å². The van der Waals surface area contributed by atoms with Gasteiger partial charge < -0.3 is 0 Å². The number of hydrogen-bond donors (Lipinski definition) is 0. The van der Waals surface area contributed by atoms with Crippen LogP contribution >= 0.6 is 0 Å². The number of hydrazone groups is 1. The van der Waals surface area contributed by atoms with Crippen LogP contribution in [0.2, 0.25) is 0 Å². The highest BCUT2D eigenvalue weighted by atomic mass is 16.6. The number of nitro groups is 1. The molecule has 0 saturated carbocycles. The summed E-state index contributed by atoms with van der Waals surface area (Å²) < 4.78 is 0. The van der Waals surface area contributed by atoms with Crippen LogP contribution in [-0.4, -0.2) is 28.0 Å². The number of carbonyl (C=O) groups is 2. The van der Waals surface area contributed by atoms with Crippen LogP contribution < -0.4 is 0 Å². The van der Waals surface area contributed by atoms with Crippen LogP contribution in [0.15, 0.2) is 77.9 Å². The first kappa shape index (κ1) is 18.6. The van der Waals surface area contributed by atoms with Crippen molar-refractivity contribution in [3.05, 3.63) is 111 Å². The van der Waals surface area contributed by atoms with E-state index in [0.29, 0.717) is 5.56 Å². The highest BCUT2D eigenvalue weighted by Crippen LogP contribution is 2.60. The second-order valence-electron chi connectivity index (χ2n) is 8.35. The minimum atomic E-state index is -0.500.